The van der Waals surface area contributed by atoms with Crippen molar-refractivity contribution in [3.8, 4) is 0 Å². The van der Waals surface area contributed by atoms with Crippen molar-refractivity contribution in [2.75, 3.05) is 25.0 Å². The summed E-state index contributed by atoms with van der Waals surface area (Å²) >= 11 is 6.02. The van der Waals surface area contributed by atoms with Crippen molar-refractivity contribution in [3.63, 3.8) is 0 Å². The number of halogens is 1. The number of hydrogen-bond acceptors (Lipinski definition) is 3. The molecule has 4 heteroatoms. The SMILES string of the molecule is CNCc1ccc(Cl)cc1N1CCC(O)C1. The molecule has 1 unspecified atom stereocenters. The van der Waals surface area contributed by atoms with Gasteiger partial charge < -0.3 is 15.3 Å². The van der Waals surface area contributed by atoms with Gasteiger partial charge in [0.05, 0.1) is 6.10 Å². The van der Waals surface area contributed by atoms with Gasteiger partial charge in [0.2, 0.25) is 0 Å². The van der Waals surface area contributed by atoms with Gasteiger partial charge in [-0.15, -0.1) is 0 Å². The highest BCUT2D eigenvalue weighted by atomic mass is 35.5. The van der Waals surface area contributed by atoms with E-state index in [2.05, 4.69) is 10.2 Å². The van der Waals surface area contributed by atoms with E-state index in [1.54, 1.807) is 0 Å². The van der Waals surface area contributed by atoms with Crippen molar-refractivity contribution >= 4 is 17.3 Å². The molecule has 3 nitrogen and oxygen atoms in total. The second-order valence-electron chi connectivity index (χ2n) is 4.19. The molecule has 2 N–H and O–H groups in total. The highest BCUT2D eigenvalue weighted by Gasteiger charge is 2.22. The van der Waals surface area contributed by atoms with Crippen molar-refractivity contribution in [1.82, 2.24) is 5.32 Å². The second kappa shape index (κ2) is 5.04. The Bertz CT molecular complexity index is 370. The molecule has 16 heavy (non-hydrogen) atoms. The maximum absolute atomic E-state index is 9.56. The number of anilines is 1. The van der Waals surface area contributed by atoms with Crippen LogP contribution in [0, 0.1) is 0 Å². The summed E-state index contributed by atoms with van der Waals surface area (Å²) in [7, 11) is 1.93. The van der Waals surface area contributed by atoms with Crippen LogP contribution in [0.25, 0.3) is 0 Å². The summed E-state index contributed by atoms with van der Waals surface area (Å²) in [6.45, 7) is 2.42. The van der Waals surface area contributed by atoms with Gasteiger partial charge in [-0.1, -0.05) is 17.7 Å². The third kappa shape index (κ3) is 2.48. The van der Waals surface area contributed by atoms with Crippen LogP contribution in [-0.4, -0.2) is 31.3 Å². The third-order valence-corrected chi connectivity index (χ3v) is 3.15. The second-order valence-corrected chi connectivity index (χ2v) is 4.63. The van der Waals surface area contributed by atoms with Crippen LogP contribution in [0.15, 0.2) is 18.2 Å². The summed E-state index contributed by atoms with van der Waals surface area (Å²) in [5.74, 6) is 0. The quantitative estimate of drug-likeness (QED) is 0.843. The third-order valence-electron chi connectivity index (χ3n) is 2.92. The molecular formula is C12H17ClN2O. The molecule has 0 aliphatic carbocycles. The average Bonchev–Trinajstić information content (AvgIpc) is 2.68. The van der Waals surface area contributed by atoms with Gasteiger partial charge in [0, 0.05) is 30.3 Å². The van der Waals surface area contributed by atoms with Crippen LogP contribution in [0.1, 0.15) is 12.0 Å². The van der Waals surface area contributed by atoms with Crippen molar-refractivity contribution in [1.29, 1.82) is 0 Å². The molecule has 2 rings (SSSR count). The zero-order valence-electron chi connectivity index (χ0n) is 9.41. The molecule has 0 aromatic heterocycles. The lowest BCUT2D eigenvalue weighted by molar-refractivity contribution is 0.198. The normalized spacial score (nSPS) is 20.4. The van der Waals surface area contributed by atoms with Crippen LogP contribution in [0.2, 0.25) is 5.02 Å². The Morgan fingerprint density at radius 3 is 3.00 bits per heavy atom. The smallest absolute Gasteiger partial charge is 0.0731 e. The highest BCUT2D eigenvalue weighted by Crippen LogP contribution is 2.27. The van der Waals surface area contributed by atoms with Gasteiger partial charge in [-0.25, -0.2) is 0 Å². The van der Waals surface area contributed by atoms with Crippen LogP contribution in [-0.2, 0) is 6.54 Å². The molecule has 88 valence electrons. The summed E-state index contributed by atoms with van der Waals surface area (Å²) in [5.41, 5.74) is 2.36. The molecular weight excluding hydrogens is 224 g/mol. The van der Waals surface area contributed by atoms with Crippen molar-refractivity contribution < 1.29 is 5.11 Å². The van der Waals surface area contributed by atoms with E-state index in [0.717, 1.165) is 30.2 Å². The first-order chi connectivity index (χ1) is 7.70. The summed E-state index contributed by atoms with van der Waals surface area (Å²) in [5, 5.41) is 13.5. The van der Waals surface area contributed by atoms with E-state index in [4.69, 9.17) is 11.6 Å². The van der Waals surface area contributed by atoms with Gasteiger partial charge in [0.25, 0.3) is 0 Å². The minimum Gasteiger partial charge on any atom is -0.391 e. The summed E-state index contributed by atoms with van der Waals surface area (Å²) < 4.78 is 0. The Balaban J connectivity index is 2.26. The average molecular weight is 241 g/mol. The fourth-order valence-corrected chi connectivity index (χ4v) is 2.30. The molecule has 1 aliphatic rings. The van der Waals surface area contributed by atoms with Crippen LogP contribution >= 0.6 is 11.6 Å². The van der Waals surface area contributed by atoms with Crippen LogP contribution in [0.5, 0.6) is 0 Å². The van der Waals surface area contributed by atoms with Crippen LogP contribution < -0.4 is 10.2 Å². The minimum absolute atomic E-state index is 0.207. The molecule has 1 fully saturated rings. The van der Waals surface area contributed by atoms with E-state index in [1.807, 2.05) is 25.2 Å². The maximum Gasteiger partial charge on any atom is 0.0731 e. The lowest BCUT2D eigenvalue weighted by Gasteiger charge is -2.21. The van der Waals surface area contributed by atoms with E-state index in [9.17, 15) is 5.11 Å². The van der Waals surface area contributed by atoms with E-state index >= 15 is 0 Å². The Hall–Kier alpha value is -0.770. The molecule has 0 radical (unpaired) electrons. The number of benzene rings is 1. The number of aliphatic hydroxyl groups excluding tert-OH is 1. The van der Waals surface area contributed by atoms with Gasteiger partial charge in [-0.3, -0.25) is 0 Å². The van der Waals surface area contributed by atoms with Gasteiger partial charge in [-0.05, 0) is 31.2 Å². The summed E-state index contributed by atoms with van der Waals surface area (Å²) in [4.78, 5) is 2.20. The zero-order chi connectivity index (χ0) is 11.5. The topological polar surface area (TPSA) is 35.5 Å². The fourth-order valence-electron chi connectivity index (χ4n) is 2.13. The van der Waals surface area contributed by atoms with Crippen LogP contribution in [0.4, 0.5) is 5.69 Å². The Kier molecular flexibility index (Phi) is 3.69. The lowest BCUT2D eigenvalue weighted by atomic mass is 10.1. The van der Waals surface area contributed by atoms with E-state index < -0.39 is 0 Å². The highest BCUT2D eigenvalue weighted by molar-refractivity contribution is 6.30. The Morgan fingerprint density at radius 2 is 2.38 bits per heavy atom. The van der Waals surface area contributed by atoms with Crippen molar-refractivity contribution in [2.24, 2.45) is 0 Å². The molecule has 1 heterocycles. The van der Waals surface area contributed by atoms with Gasteiger partial charge in [-0.2, -0.15) is 0 Å². The van der Waals surface area contributed by atoms with E-state index in [0.29, 0.717) is 6.54 Å². The first kappa shape index (κ1) is 11.7. The minimum atomic E-state index is -0.207. The predicted octanol–water partition coefficient (Wildman–Crippen LogP) is 1.63. The Labute approximate surface area is 101 Å². The first-order valence-electron chi connectivity index (χ1n) is 5.56. The number of rotatable bonds is 3. The zero-order valence-corrected chi connectivity index (χ0v) is 10.2. The van der Waals surface area contributed by atoms with Gasteiger partial charge >= 0.3 is 0 Å². The molecule has 1 aliphatic heterocycles. The lowest BCUT2D eigenvalue weighted by Crippen LogP contribution is -2.23. The largest absolute Gasteiger partial charge is 0.391 e. The van der Waals surface area contributed by atoms with E-state index in [-0.39, 0.29) is 6.10 Å². The molecule has 0 bridgehead atoms. The molecule has 1 aromatic carbocycles. The number of β-amino-alcohol motifs (C(OH)–C–C–N with tert-alkyl or cyclic N) is 1. The van der Waals surface area contributed by atoms with E-state index in [1.165, 1.54) is 5.56 Å². The first-order valence-corrected chi connectivity index (χ1v) is 5.94. The van der Waals surface area contributed by atoms with Crippen LogP contribution in [0.3, 0.4) is 0 Å². The predicted molar refractivity (Wildman–Crippen MR) is 67.1 cm³/mol. The summed E-state index contributed by atoms with van der Waals surface area (Å²) in [6, 6.07) is 5.93. The number of hydrogen-bond donors (Lipinski definition) is 2. The molecule has 1 aromatic rings. The number of nitrogens with one attached hydrogen (secondary N) is 1. The number of nitrogens with zero attached hydrogens (tertiary/aromatic N) is 1. The van der Waals surface area contributed by atoms with Gasteiger partial charge in [0.15, 0.2) is 0 Å². The molecule has 0 spiro atoms. The molecule has 1 atom stereocenters. The summed E-state index contributed by atoms with van der Waals surface area (Å²) in [6.07, 6.45) is 0.632. The Morgan fingerprint density at radius 1 is 1.56 bits per heavy atom. The molecule has 0 amide bonds. The fraction of sp³-hybridized carbons (Fsp3) is 0.500. The molecule has 1 saturated heterocycles. The number of aliphatic hydroxyl groups is 1. The van der Waals surface area contributed by atoms with Crippen molar-refractivity contribution in [3.05, 3.63) is 28.8 Å². The van der Waals surface area contributed by atoms with Crippen molar-refractivity contribution in [2.45, 2.75) is 19.1 Å². The monoisotopic (exact) mass is 240 g/mol. The van der Waals surface area contributed by atoms with Gasteiger partial charge in [0.1, 0.15) is 0 Å². The maximum atomic E-state index is 9.56. The molecule has 0 saturated carbocycles. The standard InChI is InChI=1S/C12H17ClN2O/c1-14-7-9-2-3-10(13)6-12(9)15-5-4-11(16)8-15/h2-3,6,11,14,16H,4-5,7-8H2,1H3.